The first-order valence-corrected chi connectivity index (χ1v) is 14.1. The number of aryl methyl sites for hydroxylation is 1. The van der Waals surface area contributed by atoms with Crippen LogP contribution in [-0.4, -0.2) is 99.1 Å². The van der Waals surface area contributed by atoms with Gasteiger partial charge >= 0.3 is 12.1 Å². The molecule has 0 spiro atoms. The molecule has 1 aromatic carbocycles. The second kappa shape index (κ2) is 9.55. The van der Waals surface area contributed by atoms with E-state index in [2.05, 4.69) is 51.0 Å². The van der Waals surface area contributed by atoms with E-state index in [1.54, 1.807) is 4.90 Å². The van der Waals surface area contributed by atoms with E-state index in [0.717, 1.165) is 66.8 Å². The van der Waals surface area contributed by atoms with Crippen molar-refractivity contribution in [3.8, 4) is 6.01 Å². The molecule has 2 bridgehead atoms. The number of fused-ring (bicyclic) bond motifs is 4. The van der Waals surface area contributed by atoms with Gasteiger partial charge in [-0.2, -0.15) is 15.1 Å². The molecule has 6 heterocycles. The molecule has 3 aromatic rings. The highest BCUT2D eigenvalue weighted by Crippen LogP contribution is 2.38. The quantitative estimate of drug-likeness (QED) is 0.512. The lowest BCUT2D eigenvalue weighted by Crippen LogP contribution is -2.56. The number of likely N-dealkylation sites (N-methyl/N-ethyl adjacent to an activating group) is 1. The summed E-state index contributed by atoms with van der Waals surface area (Å²) in [4.78, 5) is 30.6. The molecule has 2 N–H and O–H groups in total. The molecule has 4 aliphatic heterocycles. The van der Waals surface area contributed by atoms with Crippen molar-refractivity contribution in [1.82, 2.24) is 30.0 Å². The van der Waals surface area contributed by atoms with Crippen LogP contribution in [0.25, 0.3) is 10.9 Å². The lowest BCUT2D eigenvalue weighted by Gasteiger charge is -2.41. The highest BCUT2D eigenvalue weighted by atomic mass is 16.5. The fourth-order valence-electron chi connectivity index (χ4n) is 7.19. The van der Waals surface area contributed by atoms with Crippen molar-refractivity contribution >= 4 is 28.5 Å². The van der Waals surface area contributed by atoms with Crippen LogP contribution in [-0.2, 0) is 13.0 Å². The molecule has 1 amide bonds. The summed E-state index contributed by atoms with van der Waals surface area (Å²) in [5.41, 5.74) is 5.59. The number of aromatic amines is 1. The van der Waals surface area contributed by atoms with Crippen molar-refractivity contribution in [3.63, 3.8) is 0 Å². The van der Waals surface area contributed by atoms with E-state index < -0.39 is 6.09 Å². The third kappa shape index (κ3) is 4.23. The molecule has 2 aromatic heterocycles. The topological polar surface area (TPSA) is 114 Å². The molecule has 11 nitrogen and oxygen atoms in total. The van der Waals surface area contributed by atoms with Crippen LogP contribution in [0.5, 0.6) is 6.01 Å². The zero-order valence-corrected chi connectivity index (χ0v) is 22.6. The Balaban J connectivity index is 1.23. The molecule has 0 aliphatic carbocycles. The molecule has 0 radical (unpaired) electrons. The van der Waals surface area contributed by atoms with E-state index in [4.69, 9.17) is 14.7 Å². The van der Waals surface area contributed by atoms with Crippen LogP contribution in [0.2, 0.25) is 0 Å². The standard InChI is InChI=1S/C28H36N8O3/c1-17-5-8-23-22(12-29-32-23)25(17)34-11-9-21-24(15-34)30-27(39-16-20-4-3-10-33(20)2)31-26(21)35-13-18-6-7-19(14-35)36(18)28(37)38/h5,8,12,18-20H,3-4,6-7,9-11,13-16H2,1-2H3,(H,29,32)(H,37,38)/t18-,19+,20-/m0/s1. The lowest BCUT2D eigenvalue weighted by molar-refractivity contribution is 0.114. The van der Waals surface area contributed by atoms with Crippen LogP contribution in [0.1, 0.15) is 42.5 Å². The van der Waals surface area contributed by atoms with E-state index in [0.29, 0.717) is 38.3 Å². The van der Waals surface area contributed by atoms with Crippen molar-refractivity contribution in [2.24, 2.45) is 0 Å². The van der Waals surface area contributed by atoms with Gasteiger partial charge in [-0.3, -0.25) is 10.00 Å². The zero-order chi connectivity index (χ0) is 26.7. The van der Waals surface area contributed by atoms with Crippen molar-refractivity contribution in [3.05, 3.63) is 35.2 Å². The number of rotatable bonds is 5. The average molecular weight is 533 g/mol. The second-order valence-electron chi connectivity index (χ2n) is 11.6. The summed E-state index contributed by atoms with van der Waals surface area (Å²) in [6, 6.07) is 5.03. The summed E-state index contributed by atoms with van der Waals surface area (Å²) in [6.07, 6.45) is 6.03. The van der Waals surface area contributed by atoms with Gasteiger partial charge in [0.15, 0.2) is 0 Å². The first kappa shape index (κ1) is 24.4. The predicted octanol–water partition coefficient (Wildman–Crippen LogP) is 3.03. The van der Waals surface area contributed by atoms with Crippen molar-refractivity contribution in [2.45, 2.75) is 63.7 Å². The van der Waals surface area contributed by atoms with Crippen molar-refractivity contribution < 1.29 is 14.6 Å². The minimum Gasteiger partial charge on any atom is -0.465 e. The number of likely N-dealkylation sites (tertiary alicyclic amines) is 1. The van der Waals surface area contributed by atoms with E-state index in [1.807, 2.05) is 6.20 Å². The van der Waals surface area contributed by atoms with E-state index in [-0.39, 0.29) is 12.1 Å². The lowest BCUT2D eigenvalue weighted by atomic mass is 10.0. The van der Waals surface area contributed by atoms with Gasteiger partial charge in [-0.15, -0.1) is 0 Å². The van der Waals surface area contributed by atoms with Gasteiger partial charge in [0.1, 0.15) is 12.4 Å². The summed E-state index contributed by atoms with van der Waals surface area (Å²) in [7, 11) is 2.15. The summed E-state index contributed by atoms with van der Waals surface area (Å²) >= 11 is 0. The summed E-state index contributed by atoms with van der Waals surface area (Å²) in [5.74, 6) is 0.926. The maximum atomic E-state index is 11.9. The minimum absolute atomic E-state index is 0.00445. The Hall–Kier alpha value is -3.60. The number of carbonyl (C=O) groups is 1. The third-order valence-electron chi connectivity index (χ3n) is 9.22. The van der Waals surface area contributed by atoms with Gasteiger partial charge in [0.25, 0.3) is 0 Å². The molecule has 206 valence electrons. The second-order valence-corrected chi connectivity index (χ2v) is 11.6. The number of nitrogens with one attached hydrogen (secondary N) is 1. The SMILES string of the molecule is Cc1ccc2[nH]ncc2c1N1CCc2c(nc(OC[C@@H]3CCCN3C)nc2N2C[C@H]3CC[C@@H](C2)N3C(=O)O)C1. The molecule has 7 rings (SSSR count). The number of nitrogens with zero attached hydrogens (tertiary/aromatic N) is 7. The van der Waals surface area contributed by atoms with Crippen LogP contribution in [0.15, 0.2) is 18.3 Å². The number of hydrogen-bond acceptors (Lipinski definition) is 8. The maximum Gasteiger partial charge on any atom is 0.407 e. The van der Waals surface area contributed by atoms with Gasteiger partial charge in [0.05, 0.1) is 41.7 Å². The number of ether oxygens (including phenoxy) is 1. The van der Waals surface area contributed by atoms with E-state index >= 15 is 0 Å². The van der Waals surface area contributed by atoms with E-state index in [1.165, 1.54) is 17.7 Å². The zero-order valence-electron chi connectivity index (χ0n) is 22.6. The van der Waals surface area contributed by atoms with Gasteiger partial charge in [-0.05, 0) is 64.3 Å². The normalized spacial score (nSPS) is 25.0. The summed E-state index contributed by atoms with van der Waals surface area (Å²) < 4.78 is 6.28. The monoisotopic (exact) mass is 532 g/mol. The maximum absolute atomic E-state index is 11.9. The number of aromatic nitrogens is 4. The first-order chi connectivity index (χ1) is 19.0. The van der Waals surface area contributed by atoms with Gasteiger partial charge in [0, 0.05) is 36.6 Å². The smallest absolute Gasteiger partial charge is 0.407 e. The third-order valence-corrected chi connectivity index (χ3v) is 9.22. The largest absolute Gasteiger partial charge is 0.465 e. The highest BCUT2D eigenvalue weighted by Gasteiger charge is 2.44. The van der Waals surface area contributed by atoms with Crippen molar-refractivity contribution in [1.29, 1.82) is 0 Å². The Bertz CT molecular complexity index is 1390. The highest BCUT2D eigenvalue weighted by molar-refractivity contribution is 5.93. The van der Waals surface area contributed by atoms with Crippen LogP contribution < -0.4 is 14.5 Å². The fourth-order valence-corrected chi connectivity index (χ4v) is 7.19. The van der Waals surface area contributed by atoms with Crippen LogP contribution >= 0.6 is 0 Å². The van der Waals surface area contributed by atoms with E-state index in [9.17, 15) is 9.90 Å². The Morgan fingerprint density at radius 2 is 1.95 bits per heavy atom. The summed E-state index contributed by atoms with van der Waals surface area (Å²) in [5, 5.41) is 18.3. The van der Waals surface area contributed by atoms with Crippen molar-refractivity contribution in [2.75, 3.05) is 49.6 Å². The molecule has 0 saturated carbocycles. The molecule has 0 unspecified atom stereocenters. The number of anilines is 2. The predicted molar refractivity (Wildman–Crippen MR) is 148 cm³/mol. The molecular formula is C28H36N8O3. The molecular weight excluding hydrogens is 496 g/mol. The molecule has 11 heteroatoms. The number of carboxylic acid groups (broad SMARTS) is 1. The Morgan fingerprint density at radius 3 is 2.69 bits per heavy atom. The average Bonchev–Trinajstić information content (AvgIpc) is 3.64. The van der Waals surface area contributed by atoms with Crippen LogP contribution in [0.4, 0.5) is 16.3 Å². The molecule has 39 heavy (non-hydrogen) atoms. The molecule has 3 fully saturated rings. The Kier molecular flexibility index (Phi) is 5.98. The van der Waals surface area contributed by atoms with Gasteiger partial charge in [-0.25, -0.2) is 4.79 Å². The fraction of sp³-hybridized carbons (Fsp3) is 0.571. The Morgan fingerprint density at radius 1 is 1.13 bits per heavy atom. The number of piperazine rings is 1. The Labute approximate surface area is 227 Å². The van der Waals surface area contributed by atoms with Crippen LogP contribution in [0.3, 0.4) is 0 Å². The number of benzene rings is 1. The number of hydrogen-bond donors (Lipinski definition) is 2. The minimum atomic E-state index is -0.809. The first-order valence-electron chi connectivity index (χ1n) is 14.1. The number of H-pyrrole nitrogens is 1. The van der Waals surface area contributed by atoms with Crippen LogP contribution in [0, 0.1) is 6.92 Å². The molecule has 3 atom stereocenters. The molecule has 4 aliphatic rings. The van der Waals surface area contributed by atoms with Gasteiger partial charge in [-0.1, -0.05) is 6.07 Å². The van der Waals surface area contributed by atoms with Gasteiger partial charge in [0.2, 0.25) is 0 Å². The summed E-state index contributed by atoms with van der Waals surface area (Å²) in [6.45, 7) is 6.65. The molecule has 3 saturated heterocycles. The number of amides is 1. The van der Waals surface area contributed by atoms with Gasteiger partial charge < -0.3 is 24.5 Å².